The molecule has 0 saturated carbocycles. The minimum absolute atomic E-state index is 0.450. The van der Waals surface area contributed by atoms with Gasteiger partial charge in [0.25, 0.3) is 0 Å². The molecule has 0 aliphatic rings. The van der Waals surface area contributed by atoms with Gasteiger partial charge in [0, 0.05) is 5.56 Å². The highest BCUT2D eigenvalue weighted by Gasteiger charge is 2.30. The van der Waals surface area contributed by atoms with Crippen molar-refractivity contribution >= 4 is 12.2 Å². The van der Waals surface area contributed by atoms with E-state index in [1.807, 2.05) is 0 Å². The van der Waals surface area contributed by atoms with Gasteiger partial charge in [-0.05, 0) is 31.5 Å². The first-order chi connectivity index (χ1) is 8.79. The summed E-state index contributed by atoms with van der Waals surface area (Å²) in [5.41, 5.74) is 1.44. The van der Waals surface area contributed by atoms with E-state index in [1.54, 1.807) is 13.8 Å². The van der Waals surface area contributed by atoms with Gasteiger partial charge in [-0.25, -0.2) is 4.98 Å². The van der Waals surface area contributed by atoms with Crippen LogP contribution in [-0.4, -0.2) is 9.97 Å². The lowest BCUT2D eigenvalue weighted by atomic mass is 10.1. The average molecular weight is 284 g/mol. The molecule has 0 saturated heterocycles. The summed E-state index contributed by atoms with van der Waals surface area (Å²) in [6.45, 7) is 3.54. The monoisotopic (exact) mass is 284 g/mol. The van der Waals surface area contributed by atoms with Crippen LogP contribution in [0.3, 0.4) is 0 Å². The third kappa shape index (κ3) is 2.84. The fraction of sp³-hybridized carbons (Fsp3) is 0.231. The van der Waals surface area contributed by atoms with Crippen LogP contribution in [0.25, 0.3) is 11.3 Å². The minimum atomic E-state index is -4.32. The van der Waals surface area contributed by atoms with Gasteiger partial charge in [0.2, 0.25) is 0 Å². The van der Waals surface area contributed by atoms with Crippen molar-refractivity contribution in [3.63, 3.8) is 0 Å². The lowest BCUT2D eigenvalue weighted by Gasteiger charge is -2.10. The molecule has 0 fully saturated rings. The second kappa shape index (κ2) is 4.77. The first-order valence-corrected chi connectivity index (χ1v) is 5.95. The van der Waals surface area contributed by atoms with Gasteiger partial charge in [-0.2, -0.15) is 13.2 Å². The normalized spacial score (nSPS) is 11.6. The Morgan fingerprint density at radius 2 is 1.68 bits per heavy atom. The molecule has 6 heteroatoms. The maximum Gasteiger partial charge on any atom is 0.416 e. The van der Waals surface area contributed by atoms with Crippen LogP contribution < -0.4 is 0 Å². The Morgan fingerprint density at radius 1 is 1.11 bits per heavy atom. The highest BCUT2D eigenvalue weighted by molar-refractivity contribution is 7.71. The van der Waals surface area contributed by atoms with Crippen molar-refractivity contribution in [2.24, 2.45) is 0 Å². The molecule has 1 aromatic heterocycles. The number of alkyl halides is 3. The summed E-state index contributed by atoms with van der Waals surface area (Å²) in [4.78, 5) is 7.13. The van der Waals surface area contributed by atoms with Crippen LogP contribution in [0.5, 0.6) is 0 Å². The molecule has 0 bridgehead atoms. The van der Waals surface area contributed by atoms with Gasteiger partial charge in [0.15, 0.2) is 0 Å². The van der Waals surface area contributed by atoms with Gasteiger partial charge >= 0.3 is 6.18 Å². The van der Waals surface area contributed by atoms with E-state index in [2.05, 4.69) is 9.97 Å². The van der Waals surface area contributed by atoms with Gasteiger partial charge in [-0.15, -0.1) is 0 Å². The van der Waals surface area contributed by atoms with Crippen LogP contribution in [0.4, 0.5) is 13.2 Å². The Balaban J connectivity index is 2.52. The van der Waals surface area contributed by atoms with E-state index in [0.29, 0.717) is 21.7 Å². The zero-order chi connectivity index (χ0) is 14.2. The Hall–Kier alpha value is -1.69. The number of benzene rings is 1. The van der Waals surface area contributed by atoms with E-state index in [4.69, 9.17) is 12.2 Å². The van der Waals surface area contributed by atoms with Crippen molar-refractivity contribution in [2.75, 3.05) is 0 Å². The van der Waals surface area contributed by atoms with E-state index >= 15 is 0 Å². The summed E-state index contributed by atoms with van der Waals surface area (Å²) in [6.07, 6.45) is -4.32. The lowest BCUT2D eigenvalue weighted by Crippen LogP contribution is -2.04. The van der Waals surface area contributed by atoms with E-state index in [9.17, 15) is 13.2 Å². The predicted molar refractivity (Wildman–Crippen MR) is 69.3 cm³/mol. The van der Waals surface area contributed by atoms with Crippen LogP contribution in [0.15, 0.2) is 24.3 Å². The minimum Gasteiger partial charge on any atom is -0.343 e. The number of halogens is 3. The molecule has 0 aliphatic heterocycles. The molecule has 0 atom stereocenters. The number of nitrogens with one attached hydrogen (secondary N) is 1. The Morgan fingerprint density at radius 3 is 2.21 bits per heavy atom. The molecule has 0 spiro atoms. The van der Waals surface area contributed by atoms with Gasteiger partial charge < -0.3 is 4.98 Å². The zero-order valence-corrected chi connectivity index (χ0v) is 11.1. The number of H-pyrrole nitrogens is 1. The number of hydrogen-bond acceptors (Lipinski definition) is 2. The molecule has 100 valence electrons. The van der Waals surface area contributed by atoms with Crippen LogP contribution in [0.1, 0.15) is 17.0 Å². The molecule has 0 unspecified atom stereocenters. The Kier molecular flexibility index (Phi) is 3.45. The number of aromatic amines is 1. The second-order valence-corrected chi connectivity index (χ2v) is 4.59. The van der Waals surface area contributed by atoms with E-state index < -0.39 is 11.7 Å². The first-order valence-electron chi connectivity index (χ1n) is 5.54. The van der Waals surface area contributed by atoms with Crippen molar-refractivity contribution in [2.45, 2.75) is 20.0 Å². The van der Waals surface area contributed by atoms with Crippen molar-refractivity contribution < 1.29 is 13.2 Å². The fourth-order valence-corrected chi connectivity index (χ4v) is 2.00. The molecule has 2 rings (SSSR count). The Labute approximate surface area is 113 Å². The van der Waals surface area contributed by atoms with Gasteiger partial charge in [-0.3, -0.25) is 0 Å². The fourth-order valence-electron chi connectivity index (χ4n) is 1.76. The molecule has 2 nitrogen and oxygen atoms in total. The standard InChI is InChI=1S/C13H11F3N2S/c1-7-11(17-8(2)18-12(7)19)9-3-5-10(6-4-9)13(14,15)16/h3-6H,1-2H3,(H,17,18,19). The van der Waals surface area contributed by atoms with Crippen LogP contribution in [0.2, 0.25) is 0 Å². The van der Waals surface area contributed by atoms with Crippen LogP contribution in [0, 0.1) is 18.5 Å². The van der Waals surface area contributed by atoms with Crippen molar-refractivity contribution in [3.05, 3.63) is 45.9 Å². The molecular weight excluding hydrogens is 273 g/mol. The van der Waals surface area contributed by atoms with Crippen molar-refractivity contribution in [3.8, 4) is 11.3 Å². The molecule has 0 radical (unpaired) electrons. The van der Waals surface area contributed by atoms with E-state index in [1.165, 1.54) is 12.1 Å². The number of hydrogen-bond donors (Lipinski definition) is 1. The number of aryl methyl sites for hydroxylation is 1. The SMILES string of the molecule is Cc1nc(=S)c(C)c(-c2ccc(C(F)(F)F)cc2)[nH]1. The number of nitrogens with zero attached hydrogens (tertiary/aromatic N) is 1. The summed E-state index contributed by atoms with van der Waals surface area (Å²) in [7, 11) is 0. The number of aromatic nitrogens is 2. The zero-order valence-electron chi connectivity index (χ0n) is 10.3. The first kappa shape index (κ1) is 13.7. The van der Waals surface area contributed by atoms with E-state index in [0.717, 1.165) is 17.7 Å². The van der Waals surface area contributed by atoms with E-state index in [-0.39, 0.29) is 0 Å². The van der Waals surface area contributed by atoms with Crippen molar-refractivity contribution in [1.82, 2.24) is 9.97 Å². The topological polar surface area (TPSA) is 28.7 Å². The maximum absolute atomic E-state index is 12.5. The highest BCUT2D eigenvalue weighted by Crippen LogP contribution is 2.31. The predicted octanol–water partition coefficient (Wildman–Crippen LogP) is 4.44. The molecule has 1 aromatic carbocycles. The highest BCUT2D eigenvalue weighted by atomic mass is 32.1. The summed E-state index contributed by atoms with van der Waals surface area (Å²) >= 11 is 5.10. The van der Waals surface area contributed by atoms with Crippen LogP contribution in [-0.2, 0) is 6.18 Å². The Bertz CT molecular complexity index is 657. The third-order valence-corrected chi connectivity index (χ3v) is 3.17. The molecule has 0 amide bonds. The maximum atomic E-state index is 12.5. The molecule has 1 heterocycles. The van der Waals surface area contributed by atoms with Gasteiger partial charge in [-0.1, -0.05) is 24.4 Å². The second-order valence-electron chi connectivity index (χ2n) is 4.20. The molecule has 2 aromatic rings. The average Bonchev–Trinajstić information content (AvgIpc) is 2.33. The number of rotatable bonds is 1. The molecule has 0 aliphatic carbocycles. The van der Waals surface area contributed by atoms with Crippen molar-refractivity contribution in [1.29, 1.82) is 0 Å². The molecular formula is C13H11F3N2S. The summed E-state index contributed by atoms with van der Waals surface area (Å²) in [5, 5.41) is 0. The molecule has 1 N–H and O–H groups in total. The van der Waals surface area contributed by atoms with Gasteiger partial charge in [0.1, 0.15) is 10.5 Å². The molecule has 19 heavy (non-hydrogen) atoms. The van der Waals surface area contributed by atoms with Crippen LogP contribution >= 0.6 is 12.2 Å². The third-order valence-electron chi connectivity index (χ3n) is 2.77. The van der Waals surface area contributed by atoms with Gasteiger partial charge in [0.05, 0.1) is 11.3 Å². The summed E-state index contributed by atoms with van der Waals surface area (Å²) in [6, 6.07) is 4.97. The smallest absolute Gasteiger partial charge is 0.343 e. The quantitative estimate of drug-likeness (QED) is 0.784. The lowest BCUT2D eigenvalue weighted by molar-refractivity contribution is -0.137. The largest absolute Gasteiger partial charge is 0.416 e. The summed E-state index contributed by atoms with van der Waals surface area (Å²) < 4.78 is 37.9. The summed E-state index contributed by atoms with van der Waals surface area (Å²) in [5.74, 6) is 0.630.